The first-order valence-corrected chi connectivity index (χ1v) is 9.14. The Balaban J connectivity index is 1.60. The summed E-state index contributed by atoms with van der Waals surface area (Å²) >= 11 is 5.72. The Bertz CT molecular complexity index is 1060. The molecule has 5 nitrogen and oxygen atoms in total. The summed E-state index contributed by atoms with van der Waals surface area (Å²) in [5.74, 6) is -0.734. The van der Waals surface area contributed by atoms with E-state index in [1.807, 2.05) is 25.1 Å². The Morgan fingerprint density at radius 2 is 1.72 bits per heavy atom. The van der Waals surface area contributed by atoms with Gasteiger partial charge >= 0.3 is 0 Å². The lowest BCUT2D eigenvalue weighted by atomic mass is 10.2. The third kappa shape index (κ3) is 5.80. The number of rotatable bonds is 6. The maximum absolute atomic E-state index is 13.2. The molecular weight excluding hydrogens is 395 g/mol. The number of halogens is 2. The zero-order valence-electron chi connectivity index (χ0n) is 15.5. The summed E-state index contributed by atoms with van der Waals surface area (Å²) in [7, 11) is 0. The summed E-state index contributed by atoms with van der Waals surface area (Å²) in [6.45, 7) is 1.78. The van der Waals surface area contributed by atoms with Crippen molar-refractivity contribution in [3.63, 3.8) is 0 Å². The smallest absolute Gasteiger partial charge is 0.262 e. The van der Waals surface area contributed by atoms with E-state index in [1.54, 1.807) is 24.3 Å². The van der Waals surface area contributed by atoms with Crippen molar-refractivity contribution in [1.82, 2.24) is 0 Å². The van der Waals surface area contributed by atoms with Crippen LogP contribution in [0.25, 0.3) is 0 Å². The number of hydrogen-bond acceptors (Lipinski definition) is 3. The van der Waals surface area contributed by atoms with E-state index in [4.69, 9.17) is 16.3 Å². The van der Waals surface area contributed by atoms with Crippen molar-refractivity contribution in [1.29, 1.82) is 0 Å². The highest BCUT2D eigenvalue weighted by Gasteiger charge is 2.10. The van der Waals surface area contributed by atoms with Gasteiger partial charge in [0, 0.05) is 16.9 Å². The molecule has 3 aromatic carbocycles. The Morgan fingerprint density at radius 1 is 0.966 bits per heavy atom. The molecule has 0 spiro atoms. The van der Waals surface area contributed by atoms with Gasteiger partial charge in [0.1, 0.15) is 11.6 Å². The number of aryl methyl sites for hydroxylation is 1. The molecule has 0 aromatic heterocycles. The first kappa shape index (κ1) is 20.4. The van der Waals surface area contributed by atoms with Gasteiger partial charge in [-0.3, -0.25) is 9.59 Å². The molecule has 0 radical (unpaired) electrons. The second-order valence-electron chi connectivity index (χ2n) is 6.32. The number of hydrogen-bond donors (Lipinski definition) is 2. The van der Waals surface area contributed by atoms with Crippen molar-refractivity contribution >= 4 is 34.8 Å². The lowest BCUT2D eigenvalue weighted by Gasteiger charge is -2.10. The van der Waals surface area contributed by atoms with Crippen molar-refractivity contribution in [3.8, 4) is 5.75 Å². The molecule has 0 saturated heterocycles. The molecule has 2 amide bonds. The minimum absolute atomic E-state index is 0.0857. The Hall–Kier alpha value is -3.38. The molecule has 0 aliphatic heterocycles. The van der Waals surface area contributed by atoms with E-state index in [0.29, 0.717) is 22.7 Å². The molecule has 0 aliphatic carbocycles. The molecule has 0 bridgehead atoms. The normalized spacial score (nSPS) is 10.3. The Labute approximate surface area is 172 Å². The number of anilines is 2. The van der Waals surface area contributed by atoms with E-state index in [-0.39, 0.29) is 17.5 Å². The molecule has 3 aromatic rings. The lowest BCUT2D eigenvalue weighted by molar-refractivity contribution is -0.118. The van der Waals surface area contributed by atoms with E-state index in [0.717, 1.165) is 5.56 Å². The second kappa shape index (κ2) is 9.21. The van der Waals surface area contributed by atoms with Gasteiger partial charge in [-0.2, -0.15) is 0 Å². The first-order chi connectivity index (χ1) is 13.9. The molecule has 7 heteroatoms. The fourth-order valence-corrected chi connectivity index (χ4v) is 2.75. The van der Waals surface area contributed by atoms with Gasteiger partial charge in [-0.25, -0.2) is 4.39 Å². The summed E-state index contributed by atoms with van der Waals surface area (Å²) in [5.41, 5.74) is 2.17. The monoisotopic (exact) mass is 412 g/mol. The molecule has 0 heterocycles. The zero-order chi connectivity index (χ0) is 20.8. The molecule has 0 saturated carbocycles. The molecule has 148 valence electrons. The van der Waals surface area contributed by atoms with E-state index >= 15 is 0 Å². The standard InChI is InChI=1S/C22H18ClFN2O3/c1-14-4-2-7-18(10-14)29-13-21(27)25-16-6-3-5-15(11-16)22(28)26-17-8-9-20(24)19(23)12-17/h2-12H,13H2,1H3,(H,25,27)(H,26,28). The Morgan fingerprint density at radius 3 is 2.48 bits per heavy atom. The third-order valence-electron chi connectivity index (χ3n) is 3.95. The topological polar surface area (TPSA) is 67.4 Å². The van der Waals surface area contributed by atoms with Crippen molar-refractivity contribution in [3.05, 3.63) is 88.7 Å². The van der Waals surface area contributed by atoms with Crippen LogP contribution in [-0.2, 0) is 4.79 Å². The van der Waals surface area contributed by atoms with Crippen LogP contribution in [0.2, 0.25) is 5.02 Å². The maximum Gasteiger partial charge on any atom is 0.262 e. The summed E-state index contributed by atoms with van der Waals surface area (Å²) in [5, 5.41) is 5.23. The largest absolute Gasteiger partial charge is 0.484 e. The van der Waals surface area contributed by atoms with Crippen molar-refractivity contribution in [2.45, 2.75) is 6.92 Å². The number of amides is 2. The van der Waals surface area contributed by atoms with Gasteiger partial charge in [-0.1, -0.05) is 29.8 Å². The van der Waals surface area contributed by atoms with Crippen LogP contribution in [0, 0.1) is 12.7 Å². The fourth-order valence-electron chi connectivity index (χ4n) is 2.57. The highest BCUT2D eigenvalue weighted by Crippen LogP contribution is 2.20. The number of nitrogens with one attached hydrogen (secondary N) is 2. The summed E-state index contributed by atoms with van der Waals surface area (Å²) in [6.07, 6.45) is 0. The maximum atomic E-state index is 13.2. The van der Waals surface area contributed by atoms with Crippen molar-refractivity contribution < 1.29 is 18.7 Å². The minimum atomic E-state index is -0.567. The molecule has 29 heavy (non-hydrogen) atoms. The van der Waals surface area contributed by atoms with Crippen LogP contribution in [0.4, 0.5) is 15.8 Å². The van der Waals surface area contributed by atoms with Crippen molar-refractivity contribution in [2.24, 2.45) is 0 Å². The van der Waals surface area contributed by atoms with Crippen LogP contribution < -0.4 is 15.4 Å². The molecule has 0 atom stereocenters. The predicted molar refractivity (Wildman–Crippen MR) is 111 cm³/mol. The highest BCUT2D eigenvalue weighted by atomic mass is 35.5. The average molecular weight is 413 g/mol. The quantitative estimate of drug-likeness (QED) is 0.594. The molecular formula is C22H18ClFN2O3. The van der Waals surface area contributed by atoms with Gasteiger partial charge in [0.05, 0.1) is 5.02 Å². The van der Waals surface area contributed by atoms with Crippen LogP contribution in [0.3, 0.4) is 0 Å². The van der Waals surface area contributed by atoms with Crippen LogP contribution in [-0.4, -0.2) is 18.4 Å². The van der Waals surface area contributed by atoms with E-state index < -0.39 is 11.7 Å². The number of ether oxygens (including phenoxy) is 1. The summed E-state index contributed by atoms with van der Waals surface area (Å²) in [6, 6.07) is 17.7. The van der Waals surface area contributed by atoms with Crippen LogP contribution in [0.1, 0.15) is 15.9 Å². The van der Waals surface area contributed by atoms with Crippen LogP contribution in [0.5, 0.6) is 5.75 Å². The number of benzene rings is 3. The van der Waals surface area contributed by atoms with Gasteiger partial charge in [0.2, 0.25) is 0 Å². The van der Waals surface area contributed by atoms with E-state index in [9.17, 15) is 14.0 Å². The van der Waals surface area contributed by atoms with Gasteiger partial charge in [0.15, 0.2) is 6.61 Å². The lowest BCUT2D eigenvalue weighted by Crippen LogP contribution is -2.20. The van der Waals surface area contributed by atoms with Crippen molar-refractivity contribution in [2.75, 3.05) is 17.2 Å². The highest BCUT2D eigenvalue weighted by molar-refractivity contribution is 6.31. The van der Waals surface area contributed by atoms with Gasteiger partial charge in [-0.15, -0.1) is 0 Å². The SMILES string of the molecule is Cc1cccc(OCC(=O)Nc2cccc(C(=O)Nc3ccc(F)c(Cl)c3)c2)c1. The minimum Gasteiger partial charge on any atom is -0.484 e. The summed E-state index contributed by atoms with van der Waals surface area (Å²) < 4.78 is 18.7. The molecule has 0 aliphatic rings. The molecule has 0 fully saturated rings. The first-order valence-electron chi connectivity index (χ1n) is 8.76. The Kier molecular flexibility index (Phi) is 6.46. The zero-order valence-corrected chi connectivity index (χ0v) is 16.3. The predicted octanol–water partition coefficient (Wildman–Crippen LogP) is 5.06. The van der Waals surface area contributed by atoms with Gasteiger partial charge in [0.25, 0.3) is 11.8 Å². The van der Waals surface area contributed by atoms with Crippen LogP contribution >= 0.6 is 11.6 Å². The molecule has 3 rings (SSSR count). The van der Waals surface area contributed by atoms with Crippen LogP contribution in [0.15, 0.2) is 66.7 Å². The second-order valence-corrected chi connectivity index (χ2v) is 6.72. The fraction of sp³-hybridized carbons (Fsp3) is 0.0909. The number of carbonyl (C=O) groups is 2. The van der Waals surface area contributed by atoms with E-state index in [2.05, 4.69) is 10.6 Å². The van der Waals surface area contributed by atoms with Gasteiger partial charge < -0.3 is 15.4 Å². The third-order valence-corrected chi connectivity index (χ3v) is 4.24. The van der Waals surface area contributed by atoms with Gasteiger partial charge in [-0.05, 0) is 61.0 Å². The average Bonchev–Trinajstić information content (AvgIpc) is 2.69. The molecule has 2 N–H and O–H groups in total. The molecule has 0 unspecified atom stereocenters. The van der Waals surface area contributed by atoms with E-state index in [1.165, 1.54) is 24.3 Å². The summed E-state index contributed by atoms with van der Waals surface area (Å²) in [4.78, 5) is 24.5. The number of carbonyl (C=O) groups excluding carboxylic acids is 2.